The van der Waals surface area contributed by atoms with Crippen LogP contribution in [0.3, 0.4) is 0 Å². The first-order valence-electron chi connectivity index (χ1n) is 3.49. The molecule has 0 saturated carbocycles. The van der Waals surface area contributed by atoms with Gasteiger partial charge in [-0.15, -0.1) is 0 Å². The summed E-state index contributed by atoms with van der Waals surface area (Å²) >= 11 is 0. The van der Waals surface area contributed by atoms with Gasteiger partial charge in [0.05, 0.1) is 13.5 Å². The van der Waals surface area contributed by atoms with Crippen molar-refractivity contribution in [3.63, 3.8) is 0 Å². The summed E-state index contributed by atoms with van der Waals surface area (Å²) in [6.45, 7) is -0.762. The minimum atomic E-state index is -2.87. The molecule has 1 unspecified atom stereocenters. The molecular formula is C6H11NaO6P. The minimum absolute atomic E-state index is 0. The molecule has 0 amide bonds. The van der Waals surface area contributed by atoms with Gasteiger partial charge in [-0.25, -0.2) is 0 Å². The second-order valence-electron chi connectivity index (χ2n) is 2.06. The van der Waals surface area contributed by atoms with Gasteiger partial charge in [-0.05, 0) is 0 Å². The fourth-order valence-corrected chi connectivity index (χ4v) is 1.17. The van der Waals surface area contributed by atoms with E-state index in [1.807, 2.05) is 0 Å². The molecule has 0 heterocycles. The van der Waals surface area contributed by atoms with Crippen molar-refractivity contribution in [2.75, 3.05) is 13.9 Å². The number of hydrogen-bond acceptors (Lipinski definition) is 6. The molecule has 1 N–H and O–H groups in total. The van der Waals surface area contributed by atoms with Crippen molar-refractivity contribution < 1.29 is 28.5 Å². The monoisotopic (exact) mass is 233 g/mol. The summed E-state index contributed by atoms with van der Waals surface area (Å²) in [5.74, 6) is -0.549. The molecule has 0 aromatic carbocycles. The Labute approximate surface area is 104 Å². The molecule has 0 fully saturated rings. The average molecular weight is 233 g/mol. The zero-order valence-electron chi connectivity index (χ0n) is 8.11. The summed E-state index contributed by atoms with van der Waals surface area (Å²) in [5.41, 5.74) is -0.676. The largest absolute Gasteiger partial charge is 0.469 e. The fourth-order valence-electron chi connectivity index (χ4n) is 0.559. The Morgan fingerprint density at radius 1 is 1.36 bits per heavy atom. The van der Waals surface area contributed by atoms with E-state index in [0.717, 1.165) is 0 Å². The van der Waals surface area contributed by atoms with Gasteiger partial charge in [0.1, 0.15) is 0 Å². The van der Waals surface area contributed by atoms with Gasteiger partial charge in [-0.1, -0.05) is 0 Å². The predicted octanol–water partition coefficient (Wildman–Crippen LogP) is -0.474. The molecule has 0 spiro atoms. The van der Waals surface area contributed by atoms with Gasteiger partial charge in [0.25, 0.3) is 8.03 Å². The average Bonchev–Trinajstić information content (AvgIpc) is 2.13. The molecule has 6 nitrogen and oxygen atoms in total. The third-order valence-corrected chi connectivity index (χ3v) is 2.30. The van der Waals surface area contributed by atoms with E-state index in [-0.39, 0.29) is 42.4 Å². The van der Waals surface area contributed by atoms with Crippen LogP contribution in [0.25, 0.3) is 0 Å². The van der Waals surface area contributed by atoms with E-state index in [1.54, 1.807) is 0 Å². The summed E-state index contributed by atoms with van der Waals surface area (Å²) in [7, 11) is -1.67. The Bertz CT molecular complexity index is 218. The van der Waals surface area contributed by atoms with Gasteiger partial charge in [-0.2, -0.15) is 0 Å². The van der Waals surface area contributed by atoms with Gasteiger partial charge in [-0.3, -0.25) is 18.7 Å². The number of hydrogen-bond donors (Lipinski definition) is 1. The van der Waals surface area contributed by atoms with Gasteiger partial charge < -0.3 is 9.84 Å². The summed E-state index contributed by atoms with van der Waals surface area (Å²) < 4.78 is 19.2. The summed E-state index contributed by atoms with van der Waals surface area (Å²) in [5, 5.41) is 8.17. The molecule has 8 heteroatoms. The van der Waals surface area contributed by atoms with Crippen molar-refractivity contribution in [2.45, 2.75) is 12.8 Å². The molecule has 14 heavy (non-hydrogen) atoms. The van der Waals surface area contributed by atoms with Crippen LogP contribution < -0.4 is 0 Å². The maximum atomic E-state index is 10.8. The molecule has 0 rings (SSSR count). The van der Waals surface area contributed by atoms with Crippen molar-refractivity contribution in [1.82, 2.24) is 0 Å². The first-order valence-corrected chi connectivity index (χ1v) is 4.81. The van der Waals surface area contributed by atoms with Crippen molar-refractivity contribution >= 4 is 49.1 Å². The standard InChI is InChI=1S/C6H11O6P.Na/c1-11-5(8)2-3-6(9)13(10)12-4-7;/h7,13H,2-4H2,1H3;. The van der Waals surface area contributed by atoms with E-state index in [9.17, 15) is 14.2 Å². The molecule has 0 aliphatic heterocycles. The molecule has 0 saturated heterocycles. The topological polar surface area (TPSA) is 89.9 Å². The van der Waals surface area contributed by atoms with Crippen LogP contribution in [0.1, 0.15) is 12.8 Å². The van der Waals surface area contributed by atoms with E-state index in [1.165, 1.54) is 7.11 Å². The zero-order chi connectivity index (χ0) is 10.3. The number of esters is 1. The third kappa shape index (κ3) is 7.67. The van der Waals surface area contributed by atoms with Crippen LogP contribution in [0.15, 0.2) is 0 Å². The SMILES string of the molecule is COC(=O)CCC(=O)[PH](=O)OCO.[Na]. The molecule has 0 aliphatic rings. The van der Waals surface area contributed by atoms with Crippen molar-refractivity contribution in [1.29, 1.82) is 0 Å². The first-order chi connectivity index (χ1) is 6.11. The van der Waals surface area contributed by atoms with Crippen LogP contribution in [0.2, 0.25) is 0 Å². The molecule has 0 aromatic heterocycles. The molecule has 0 bridgehead atoms. The number of carbonyl (C=O) groups excluding carboxylic acids is 2. The third-order valence-electron chi connectivity index (χ3n) is 1.21. The fraction of sp³-hybridized carbons (Fsp3) is 0.667. The normalized spacial score (nSPS) is 11.3. The van der Waals surface area contributed by atoms with Gasteiger partial charge in [0.15, 0.2) is 6.79 Å². The summed E-state index contributed by atoms with van der Waals surface area (Å²) in [6.07, 6.45) is -0.314. The minimum Gasteiger partial charge on any atom is -0.469 e. The number of ether oxygens (including phenoxy) is 1. The number of aliphatic hydroxyl groups is 1. The number of aliphatic hydroxyl groups excluding tert-OH is 1. The van der Waals surface area contributed by atoms with Gasteiger partial charge >= 0.3 is 5.97 Å². The van der Waals surface area contributed by atoms with Crippen LogP contribution in [0.5, 0.6) is 0 Å². The molecule has 0 aliphatic carbocycles. The Morgan fingerprint density at radius 3 is 2.36 bits per heavy atom. The molecule has 0 aromatic rings. The van der Waals surface area contributed by atoms with Gasteiger partial charge in [0, 0.05) is 36.0 Å². The molecular weight excluding hydrogens is 222 g/mol. The van der Waals surface area contributed by atoms with Crippen molar-refractivity contribution in [2.24, 2.45) is 0 Å². The Kier molecular flexibility index (Phi) is 11.7. The number of methoxy groups -OCH3 is 1. The molecule has 77 valence electrons. The summed E-state index contributed by atoms with van der Waals surface area (Å²) in [6, 6.07) is 0. The molecule has 1 atom stereocenters. The predicted molar refractivity (Wildman–Crippen MR) is 49.2 cm³/mol. The van der Waals surface area contributed by atoms with E-state index in [0.29, 0.717) is 0 Å². The van der Waals surface area contributed by atoms with E-state index in [4.69, 9.17) is 5.11 Å². The quantitative estimate of drug-likeness (QED) is 0.288. The van der Waals surface area contributed by atoms with Crippen LogP contribution in [0.4, 0.5) is 0 Å². The van der Waals surface area contributed by atoms with Gasteiger partial charge in [0.2, 0.25) is 5.52 Å². The second-order valence-corrected chi connectivity index (χ2v) is 3.48. The Balaban J connectivity index is 0. The van der Waals surface area contributed by atoms with Crippen LogP contribution in [-0.2, 0) is 23.4 Å². The van der Waals surface area contributed by atoms with Crippen LogP contribution >= 0.6 is 8.03 Å². The van der Waals surface area contributed by atoms with Crippen LogP contribution in [-0.4, -0.2) is 60.1 Å². The number of carbonyl (C=O) groups is 2. The van der Waals surface area contributed by atoms with Crippen molar-refractivity contribution in [3.05, 3.63) is 0 Å². The Hall–Kier alpha value is 0.290. The van der Waals surface area contributed by atoms with Crippen LogP contribution in [0, 0.1) is 0 Å². The number of rotatable bonds is 6. The maximum absolute atomic E-state index is 10.8. The Morgan fingerprint density at radius 2 is 1.93 bits per heavy atom. The molecule has 1 radical (unpaired) electrons. The first kappa shape index (κ1) is 16.7. The summed E-state index contributed by atoms with van der Waals surface area (Å²) in [4.78, 5) is 21.4. The van der Waals surface area contributed by atoms with E-state index in [2.05, 4.69) is 9.26 Å². The van der Waals surface area contributed by atoms with E-state index < -0.39 is 26.3 Å². The smallest absolute Gasteiger partial charge is 0.305 e. The zero-order valence-corrected chi connectivity index (χ0v) is 11.1. The second kappa shape index (κ2) is 9.83. The van der Waals surface area contributed by atoms with Crippen molar-refractivity contribution in [3.8, 4) is 0 Å². The van der Waals surface area contributed by atoms with E-state index >= 15 is 0 Å². The maximum Gasteiger partial charge on any atom is 0.305 e.